The van der Waals surface area contributed by atoms with Crippen molar-refractivity contribution in [2.45, 2.75) is 50.2 Å². The molecule has 0 bridgehead atoms. The summed E-state index contributed by atoms with van der Waals surface area (Å²) in [6.45, 7) is 4.07. The van der Waals surface area contributed by atoms with E-state index >= 15 is 0 Å². The van der Waals surface area contributed by atoms with E-state index in [1.165, 1.54) is 22.8 Å². The van der Waals surface area contributed by atoms with Gasteiger partial charge >= 0.3 is 5.69 Å². The third-order valence-electron chi connectivity index (χ3n) is 5.30. The maximum atomic E-state index is 13.1. The van der Waals surface area contributed by atoms with Gasteiger partial charge in [0.25, 0.3) is 5.56 Å². The highest BCUT2D eigenvalue weighted by Gasteiger charge is 2.41. The predicted octanol–water partition coefficient (Wildman–Crippen LogP) is 0.796. The van der Waals surface area contributed by atoms with Gasteiger partial charge in [-0.1, -0.05) is 0 Å². The number of hydrogen-bond donors (Lipinski definition) is 1. The van der Waals surface area contributed by atoms with Crippen LogP contribution in [0.15, 0.2) is 45.1 Å². The van der Waals surface area contributed by atoms with Crippen LogP contribution in [-0.4, -0.2) is 32.9 Å². The molecule has 1 saturated carbocycles. The van der Waals surface area contributed by atoms with Crippen LogP contribution in [-0.2, 0) is 30.2 Å². The van der Waals surface area contributed by atoms with Crippen molar-refractivity contribution in [3.05, 3.63) is 57.0 Å². The maximum Gasteiger partial charge on any atom is 0.331 e. The molecule has 10 heteroatoms. The molecule has 0 unspecified atom stereocenters. The summed E-state index contributed by atoms with van der Waals surface area (Å²) in [4.78, 5) is 26.0. The smallest absolute Gasteiger partial charge is 0.293 e. The van der Waals surface area contributed by atoms with Crippen molar-refractivity contribution < 1.29 is 8.42 Å². The van der Waals surface area contributed by atoms with Crippen LogP contribution >= 0.6 is 0 Å². The Morgan fingerprint density at radius 1 is 1.21 bits per heavy atom. The van der Waals surface area contributed by atoms with Crippen molar-refractivity contribution in [3.63, 3.8) is 0 Å². The van der Waals surface area contributed by atoms with Crippen LogP contribution in [0.5, 0.6) is 0 Å². The van der Waals surface area contributed by atoms with Gasteiger partial charge in [0.15, 0.2) is 0 Å². The Balaban J connectivity index is 1.89. The standard InChI is InChI=1S/C19H23N5O4S/c1-4-23-16-6-5-14(29(27,28)21-19(2)7-8-19)9-15(16)17(25)24(18(23)26)12-13-10-20-22(3)11-13/h5-6,9-11,21H,4,7-8,12H2,1-3H3. The summed E-state index contributed by atoms with van der Waals surface area (Å²) >= 11 is 0. The molecule has 154 valence electrons. The molecule has 29 heavy (non-hydrogen) atoms. The van der Waals surface area contributed by atoms with Crippen molar-refractivity contribution in [3.8, 4) is 0 Å². The zero-order chi connectivity index (χ0) is 21.0. The monoisotopic (exact) mass is 417 g/mol. The molecule has 1 aromatic carbocycles. The van der Waals surface area contributed by atoms with Crippen LogP contribution in [0.2, 0.25) is 0 Å². The van der Waals surface area contributed by atoms with Gasteiger partial charge < -0.3 is 0 Å². The minimum absolute atomic E-state index is 0.0180. The van der Waals surface area contributed by atoms with Crippen LogP contribution in [0.1, 0.15) is 32.3 Å². The molecule has 1 N–H and O–H groups in total. The van der Waals surface area contributed by atoms with E-state index in [-0.39, 0.29) is 16.8 Å². The van der Waals surface area contributed by atoms with Crippen molar-refractivity contribution in [2.24, 2.45) is 7.05 Å². The number of sulfonamides is 1. The Morgan fingerprint density at radius 2 is 1.93 bits per heavy atom. The summed E-state index contributed by atoms with van der Waals surface area (Å²) in [5.41, 5.74) is -0.250. The highest BCUT2D eigenvalue weighted by atomic mass is 32.2. The minimum Gasteiger partial charge on any atom is -0.293 e. The predicted molar refractivity (Wildman–Crippen MR) is 108 cm³/mol. The molecular weight excluding hydrogens is 394 g/mol. The third-order valence-corrected chi connectivity index (χ3v) is 6.94. The number of rotatable bonds is 6. The van der Waals surface area contributed by atoms with E-state index in [0.717, 1.165) is 17.4 Å². The number of nitrogens with one attached hydrogen (secondary N) is 1. The first kappa shape index (κ1) is 19.6. The third kappa shape index (κ3) is 3.53. The van der Waals surface area contributed by atoms with Gasteiger partial charge in [-0.2, -0.15) is 5.10 Å². The SMILES string of the molecule is CCn1c(=O)n(Cc2cnn(C)c2)c(=O)c2cc(S(=O)(=O)NC3(C)CC3)ccc21. The van der Waals surface area contributed by atoms with E-state index in [1.807, 2.05) is 6.92 Å². The minimum atomic E-state index is -3.76. The van der Waals surface area contributed by atoms with Crippen LogP contribution in [0, 0.1) is 0 Å². The highest BCUT2D eigenvalue weighted by molar-refractivity contribution is 7.89. The van der Waals surface area contributed by atoms with Crippen molar-refractivity contribution in [1.29, 1.82) is 0 Å². The number of hydrogen-bond acceptors (Lipinski definition) is 5. The molecule has 3 aromatic rings. The van der Waals surface area contributed by atoms with Gasteiger partial charge in [-0.05, 0) is 44.9 Å². The fourth-order valence-corrected chi connectivity index (χ4v) is 4.91. The lowest BCUT2D eigenvalue weighted by Crippen LogP contribution is -2.40. The number of aromatic nitrogens is 4. The van der Waals surface area contributed by atoms with Gasteiger partial charge in [-0.25, -0.2) is 17.9 Å². The fraction of sp³-hybridized carbons (Fsp3) is 0.421. The Bertz CT molecular complexity index is 1330. The molecule has 2 aromatic heterocycles. The van der Waals surface area contributed by atoms with E-state index in [4.69, 9.17) is 0 Å². The van der Waals surface area contributed by atoms with Crippen LogP contribution in [0.3, 0.4) is 0 Å². The van der Waals surface area contributed by atoms with Crippen molar-refractivity contribution in [1.82, 2.24) is 23.6 Å². The first-order chi connectivity index (χ1) is 13.6. The van der Waals surface area contributed by atoms with Gasteiger partial charge in [0.1, 0.15) is 0 Å². The second-order valence-corrected chi connectivity index (χ2v) is 9.47. The molecule has 0 amide bonds. The Labute approximate surface area is 167 Å². The number of nitrogens with zero attached hydrogens (tertiary/aromatic N) is 4. The lowest BCUT2D eigenvalue weighted by atomic mass is 10.2. The van der Waals surface area contributed by atoms with Gasteiger partial charge in [0.05, 0.1) is 28.5 Å². The number of fused-ring (bicyclic) bond motifs is 1. The van der Waals surface area contributed by atoms with Gasteiger partial charge in [-0.15, -0.1) is 0 Å². The molecule has 0 saturated heterocycles. The Hall–Kier alpha value is -2.72. The zero-order valence-corrected chi connectivity index (χ0v) is 17.4. The first-order valence-corrected chi connectivity index (χ1v) is 10.9. The molecule has 2 heterocycles. The molecule has 0 radical (unpaired) electrons. The number of aryl methyl sites for hydroxylation is 2. The van der Waals surface area contributed by atoms with Crippen molar-refractivity contribution in [2.75, 3.05) is 0 Å². The summed E-state index contributed by atoms with van der Waals surface area (Å²) in [5, 5.41) is 4.26. The van der Waals surface area contributed by atoms with E-state index in [2.05, 4.69) is 9.82 Å². The Morgan fingerprint density at radius 3 is 2.52 bits per heavy atom. The molecule has 1 fully saturated rings. The van der Waals surface area contributed by atoms with E-state index < -0.39 is 26.8 Å². The van der Waals surface area contributed by atoms with Crippen LogP contribution < -0.4 is 16.0 Å². The normalized spacial score (nSPS) is 15.7. The molecular formula is C19H23N5O4S. The Kier molecular flexibility index (Phi) is 4.50. The summed E-state index contributed by atoms with van der Waals surface area (Å²) in [5.74, 6) is 0. The molecule has 1 aliphatic carbocycles. The van der Waals surface area contributed by atoms with Gasteiger partial charge in [0.2, 0.25) is 10.0 Å². The van der Waals surface area contributed by atoms with Gasteiger partial charge in [0, 0.05) is 30.9 Å². The summed E-state index contributed by atoms with van der Waals surface area (Å²) in [6.07, 6.45) is 4.89. The maximum absolute atomic E-state index is 13.1. The largest absolute Gasteiger partial charge is 0.331 e. The lowest BCUT2D eigenvalue weighted by Gasteiger charge is -2.15. The number of benzene rings is 1. The summed E-state index contributed by atoms with van der Waals surface area (Å²) in [6, 6.07) is 4.32. The van der Waals surface area contributed by atoms with Crippen LogP contribution in [0.4, 0.5) is 0 Å². The van der Waals surface area contributed by atoms with E-state index in [9.17, 15) is 18.0 Å². The van der Waals surface area contributed by atoms with Crippen LogP contribution in [0.25, 0.3) is 10.9 Å². The summed E-state index contributed by atoms with van der Waals surface area (Å²) in [7, 11) is -2.01. The van der Waals surface area contributed by atoms with E-state index in [0.29, 0.717) is 17.6 Å². The molecule has 4 rings (SSSR count). The fourth-order valence-electron chi connectivity index (χ4n) is 3.42. The molecule has 0 spiro atoms. The molecule has 1 aliphatic rings. The summed E-state index contributed by atoms with van der Waals surface area (Å²) < 4.78 is 32.4. The highest BCUT2D eigenvalue weighted by Crippen LogP contribution is 2.36. The quantitative estimate of drug-likeness (QED) is 0.638. The molecule has 0 aliphatic heterocycles. The van der Waals surface area contributed by atoms with E-state index in [1.54, 1.807) is 31.0 Å². The second-order valence-electron chi connectivity index (χ2n) is 7.79. The van der Waals surface area contributed by atoms with Gasteiger partial charge in [-0.3, -0.25) is 18.6 Å². The lowest BCUT2D eigenvalue weighted by molar-refractivity contribution is 0.558. The average molecular weight is 417 g/mol. The first-order valence-electron chi connectivity index (χ1n) is 9.42. The topological polar surface area (TPSA) is 108 Å². The molecule has 9 nitrogen and oxygen atoms in total. The second kappa shape index (κ2) is 6.67. The van der Waals surface area contributed by atoms with Crippen molar-refractivity contribution >= 4 is 20.9 Å². The zero-order valence-electron chi connectivity index (χ0n) is 16.5. The molecule has 0 atom stereocenters. The average Bonchev–Trinajstić information content (AvgIpc) is 3.23.